The van der Waals surface area contributed by atoms with Crippen LogP contribution in [0.4, 0.5) is 14.6 Å². The van der Waals surface area contributed by atoms with Gasteiger partial charge in [-0.3, -0.25) is 0 Å². The summed E-state index contributed by atoms with van der Waals surface area (Å²) in [4.78, 5) is 3.98. The van der Waals surface area contributed by atoms with Crippen molar-refractivity contribution in [3.8, 4) is 28.3 Å². The molecular weight excluding hydrogens is 314 g/mol. The zero-order valence-electron chi connectivity index (χ0n) is 12.7. The normalized spacial score (nSPS) is 13.4. The highest BCUT2D eigenvalue weighted by Crippen LogP contribution is 2.41. The number of fused-ring (bicyclic) bond motifs is 1. The summed E-state index contributed by atoms with van der Waals surface area (Å²) < 4.78 is 35.0. The SMILES string of the molecule is Nc1cc(-c2c(-c3ccc(F)cc3F)nn3c2OCCC3)ccn1. The van der Waals surface area contributed by atoms with Crippen molar-refractivity contribution in [2.75, 3.05) is 12.3 Å². The number of anilines is 1. The summed E-state index contributed by atoms with van der Waals surface area (Å²) in [6.07, 6.45) is 2.39. The number of aromatic nitrogens is 3. The molecule has 0 spiro atoms. The molecule has 5 nitrogen and oxygen atoms in total. The lowest BCUT2D eigenvalue weighted by molar-refractivity contribution is 0.231. The number of hydrogen-bond donors (Lipinski definition) is 1. The average molecular weight is 328 g/mol. The molecule has 0 bridgehead atoms. The van der Waals surface area contributed by atoms with Crippen molar-refractivity contribution in [1.29, 1.82) is 0 Å². The van der Waals surface area contributed by atoms with Gasteiger partial charge >= 0.3 is 0 Å². The highest BCUT2D eigenvalue weighted by Gasteiger charge is 2.26. The van der Waals surface area contributed by atoms with Gasteiger partial charge in [0, 0.05) is 30.8 Å². The van der Waals surface area contributed by atoms with Crippen LogP contribution in [-0.2, 0) is 6.54 Å². The Bertz CT molecular complexity index is 923. The number of benzene rings is 1. The summed E-state index contributed by atoms with van der Waals surface area (Å²) in [6, 6.07) is 6.88. The third-order valence-corrected chi connectivity index (χ3v) is 3.91. The Labute approximate surface area is 136 Å². The van der Waals surface area contributed by atoms with Gasteiger partial charge < -0.3 is 10.5 Å². The van der Waals surface area contributed by atoms with Crippen molar-refractivity contribution in [3.63, 3.8) is 0 Å². The van der Waals surface area contributed by atoms with Gasteiger partial charge in [-0.25, -0.2) is 18.4 Å². The van der Waals surface area contributed by atoms with E-state index in [0.717, 1.165) is 18.1 Å². The monoisotopic (exact) mass is 328 g/mol. The summed E-state index contributed by atoms with van der Waals surface area (Å²) in [5.41, 5.74) is 7.75. The van der Waals surface area contributed by atoms with Gasteiger partial charge in [0.25, 0.3) is 0 Å². The highest BCUT2D eigenvalue weighted by atomic mass is 19.1. The molecular formula is C17H14F2N4O. The maximum absolute atomic E-state index is 14.3. The largest absolute Gasteiger partial charge is 0.477 e. The number of halogens is 2. The van der Waals surface area contributed by atoms with Crippen LogP contribution < -0.4 is 10.5 Å². The second-order valence-corrected chi connectivity index (χ2v) is 5.55. The van der Waals surface area contributed by atoms with Crippen LogP contribution in [0.25, 0.3) is 22.4 Å². The molecule has 122 valence electrons. The minimum atomic E-state index is -0.672. The summed E-state index contributed by atoms with van der Waals surface area (Å²) in [5.74, 6) is -0.403. The predicted molar refractivity (Wildman–Crippen MR) is 85.3 cm³/mol. The van der Waals surface area contributed by atoms with E-state index < -0.39 is 11.6 Å². The molecule has 0 radical (unpaired) electrons. The van der Waals surface area contributed by atoms with E-state index in [-0.39, 0.29) is 5.56 Å². The number of nitrogen functional groups attached to an aromatic ring is 1. The maximum Gasteiger partial charge on any atom is 0.220 e. The molecule has 0 atom stereocenters. The molecule has 0 saturated heterocycles. The predicted octanol–water partition coefficient (Wildman–Crippen LogP) is 3.26. The van der Waals surface area contributed by atoms with Crippen molar-refractivity contribution >= 4 is 5.82 Å². The molecule has 1 aliphatic rings. The molecule has 1 aliphatic heterocycles. The fourth-order valence-corrected chi connectivity index (χ4v) is 2.86. The van der Waals surface area contributed by atoms with E-state index >= 15 is 0 Å². The summed E-state index contributed by atoms with van der Waals surface area (Å²) in [7, 11) is 0. The molecule has 1 aromatic carbocycles. The van der Waals surface area contributed by atoms with E-state index in [1.54, 1.807) is 23.0 Å². The molecule has 0 saturated carbocycles. The number of aryl methyl sites for hydroxylation is 1. The molecule has 4 rings (SSSR count). The standard InChI is InChI=1S/C17H14F2N4O/c18-11-2-3-12(13(19)9-11)16-15(10-4-5-21-14(20)8-10)17-23(22-16)6-1-7-24-17/h2-5,8-9H,1,6-7H2,(H2,20,21). The van der Waals surface area contributed by atoms with Crippen molar-refractivity contribution < 1.29 is 13.5 Å². The van der Waals surface area contributed by atoms with Crippen molar-refractivity contribution in [1.82, 2.24) is 14.8 Å². The van der Waals surface area contributed by atoms with Gasteiger partial charge in [-0.2, -0.15) is 5.10 Å². The van der Waals surface area contributed by atoms with Gasteiger partial charge in [0.05, 0.1) is 12.2 Å². The Hall–Kier alpha value is -2.96. The first kappa shape index (κ1) is 14.6. The van der Waals surface area contributed by atoms with Crippen LogP contribution in [0.15, 0.2) is 36.5 Å². The van der Waals surface area contributed by atoms with Crippen molar-refractivity contribution in [3.05, 3.63) is 48.2 Å². The third-order valence-electron chi connectivity index (χ3n) is 3.91. The number of nitrogens with two attached hydrogens (primary N) is 1. The lowest BCUT2D eigenvalue weighted by Gasteiger charge is -2.16. The Morgan fingerprint density at radius 3 is 2.83 bits per heavy atom. The van der Waals surface area contributed by atoms with Crippen LogP contribution in [0.1, 0.15) is 6.42 Å². The van der Waals surface area contributed by atoms with E-state index in [4.69, 9.17) is 10.5 Å². The number of rotatable bonds is 2. The molecule has 3 heterocycles. The van der Waals surface area contributed by atoms with E-state index in [0.29, 0.717) is 36.1 Å². The minimum Gasteiger partial charge on any atom is -0.477 e. The Balaban J connectivity index is 1.98. The van der Waals surface area contributed by atoms with Gasteiger partial charge in [-0.15, -0.1) is 0 Å². The molecule has 0 fully saturated rings. The van der Waals surface area contributed by atoms with Gasteiger partial charge in [0.15, 0.2) is 0 Å². The van der Waals surface area contributed by atoms with Gasteiger partial charge in [0.1, 0.15) is 23.1 Å². The fraction of sp³-hybridized carbons (Fsp3) is 0.176. The quantitative estimate of drug-likeness (QED) is 0.784. The van der Waals surface area contributed by atoms with E-state index in [1.165, 1.54) is 12.1 Å². The molecule has 2 aromatic heterocycles. The zero-order chi connectivity index (χ0) is 16.7. The van der Waals surface area contributed by atoms with Gasteiger partial charge in [-0.1, -0.05) is 0 Å². The lowest BCUT2D eigenvalue weighted by atomic mass is 10.0. The van der Waals surface area contributed by atoms with Crippen LogP contribution in [0.5, 0.6) is 5.88 Å². The van der Waals surface area contributed by atoms with E-state index in [9.17, 15) is 8.78 Å². The average Bonchev–Trinajstić information content (AvgIpc) is 2.94. The summed E-state index contributed by atoms with van der Waals surface area (Å²) in [5, 5.41) is 4.49. The lowest BCUT2D eigenvalue weighted by Crippen LogP contribution is -2.14. The van der Waals surface area contributed by atoms with Crippen molar-refractivity contribution in [2.45, 2.75) is 13.0 Å². The molecule has 0 aliphatic carbocycles. The van der Waals surface area contributed by atoms with Crippen LogP contribution in [0.2, 0.25) is 0 Å². The topological polar surface area (TPSA) is 66.0 Å². The fourth-order valence-electron chi connectivity index (χ4n) is 2.86. The first-order valence-corrected chi connectivity index (χ1v) is 7.54. The van der Waals surface area contributed by atoms with Gasteiger partial charge in [0.2, 0.25) is 5.88 Å². The minimum absolute atomic E-state index is 0.215. The number of ether oxygens (including phenoxy) is 1. The molecule has 7 heteroatoms. The van der Waals surface area contributed by atoms with Crippen LogP contribution >= 0.6 is 0 Å². The zero-order valence-corrected chi connectivity index (χ0v) is 12.7. The molecule has 3 aromatic rings. The summed E-state index contributed by atoms with van der Waals surface area (Å²) in [6.45, 7) is 1.23. The molecule has 24 heavy (non-hydrogen) atoms. The molecule has 0 unspecified atom stereocenters. The van der Waals surface area contributed by atoms with E-state index in [2.05, 4.69) is 10.1 Å². The second-order valence-electron chi connectivity index (χ2n) is 5.55. The van der Waals surface area contributed by atoms with Crippen molar-refractivity contribution in [2.24, 2.45) is 0 Å². The Morgan fingerprint density at radius 2 is 2.04 bits per heavy atom. The summed E-state index contributed by atoms with van der Waals surface area (Å²) >= 11 is 0. The first-order chi connectivity index (χ1) is 11.6. The second kappa shape index (κ2) is 5.59. The third kappa shape index (κ3) is 2.38. The number of nitrogens with zero attached hydrogens (tertiary/aromatic N) is 3. The maximum atomic E-state index is 14.3. The van der Waals surface area contributed by atoms with Crippen LogP contribution in [0.3, 0.4) is 0 Å². The smallest absolute Gasteiger partial charge is 0.220 e. The van der Waals surface area contributed by atoms with Crippen LogP contribution in [-0.4, -0.2) is 21.4 Å². The molecule has 0 amide bonds. The van der Waals surface area contributed by atoms with E-state index in [1.807, 2.05) is 0 Å². The van der Waals surface area contributed by atoms with Gasteiger partial charge in [-0.05, 0) is 29.8 Å². The number of pyridine rings is 1. The number of hydrogen-bond acceptors (Lipinski definition) is 4. The highest BCUT2D eigenvalue weighted by molar-refractivity contribution is 5.85. The molecule has 2 N–H and O–H groups in total. The Kier molecular flexibility index (Phi) is 3.41. The Morgan fingerprint density at radius 1 is 1.17 bits per heavy atom. The van der Waals surface area contributed by atoms with Crippen LogP contribution in [0, 0.1) is 11.6 Å². The first-order valence-electron chi connectivity index (χ1n) is 7.54.